The number of hydrogen-bond donors (Lipinski definition) is 2. The van der Waals surface area contributed by atoms with E-state index >= 15 is 0 Å². The number of methoxy groups -OCH3 is 1. The summed E-state index contributed by atoms with van der Waals surface area (Å²) in [6.07, 6.45) is -5.06. The number of hydrogen-bond acceptors (Lipinski definition) is 4. The summed E-state index contributed by atoms with van der Waals surface area (Å²) in [5.41, 5.74) is -1.87. The van der Waals surface area contributed by atoms with E-state index in [-0.39, 0.29) is 0 Å². The predicted octanol–water partition coefficient (Wildman–Crippen LogP) is 0.980. The smallest absolute Gasteiger partial charge is 0.491 e. The fourth-order valence-corrected chi connectivity index (χ4v) is 1.08. The molecule has 0 radical (unpaired) electrons. The number of aromatic nitrogens is 1. The number of carbonyl (C=O) groups is 1. The number of aromatic amines is 1. The largest absolute Gasteiger partial charge is 0.573 e. The number of carboxylic acids is 1. The SMILES string of the molecule is COc1c(OC(F)(F)F)cc(=O)[nH]c1C(=O)O. The number of carboxylic acid groups (broad SMARTS) is 1. The monoisotopic (exact) mass is 253 g/mol. The average Bonchev–Trinajstić information content (AvgIpc) is 2.14. The van der Waals surface area contributed by atoms with Crippen molar-refractivity contribution >= 4 is 5.97 Å². The maximum atomic E-state index is 12.0. The molecule has 1 rings (SSSR count). The highest BCUT2D eigenvalue weighted by atomic mass is 19.4. The van der Waals surface area contributed by atoms with Gasteiger partial charge < -0.3 is 19.6 Å². The molecule has 6 nitrogen and oxygen atoms in total. The van der Waals surface area contributed by atoms with Gasteiger partial charge in [-0.1, -0.05) is 0 Å². The summed E-state index contributed by atoms with van der Waals surface area (Å²) in [6, 6.07) is 0.443. The first-order valence-corrected chi connectivity index (χ1v) is 4.05. The topological polar surface area (TPSA) is 88.6 Å². The molecule has 0 aliphatic carbocycles. The lowest BCUT2D eigenvalue weighted by atomic mass is 10.3. The van der Waals surface area contributed by atoms with Crippen molar-refractivity contribution in [3.8, 4) is 11.5 Å². The fourth-order valence-electron chi connectivity index (χ4n) is 1.08. The zero-order chi connectivity index (χ0) is 13.2. The minimum atomic E-state index is -5.06. The second-order valence-electron chi connectivity index (χ2n) is 2.76. The molecule has 0 fully saturated rings. The quantitative estimate of drug-likeness (QED) is 0.838. The molecule has 0 atom stereocenters. The van der Waals surface area contributed by atoms with Crippen molar-refractivity contribution in [1.29, 1.82) is 0 Å². The van der Waals surface area contributed by atoms with Crippen LogP contribution in [-0.4, -0.2) is 29.5 Å². The molecule has 9 heteroatoms. The normalized spacial score (nSPS) is 11.1. The molecule has 0 bridgehead atoms. The fraction of sp³-hybridized carbons (Fsp3) is 0.250. The van der Waals surface area contributed by atoms with Crippen LogP contribution in [-0.2, 0) is 0 Å². The Morgan fingerprint density at radius 1 is 1.47 bits per heavy atom. The van der Waals surface area contributed by atoms with Crippen molar-refractivity contribution < 1.29 is 32.5 Å². The molecule has 0 saturated heterocycles. The zero-order valence-electron chi connectivity index (χ0n) is 8.29. The van der Waals surface area contributed by atoms with Crippen molar-refractivity contribution in [2.24, 2.45) is 0 Å². The van der Waals surface area contributed by atoms with Gasteiger partial charge in [-0.3, -0.25) is 4.79 Å². The Bertz CT molecular complexity index is 493. The van der Waals surface area contributed by atoms with E-state index in [4.69, 9.17) is 5.11 Å². The van der Waals surface area contributed by atoms with Crippen LogP contribution in [0.3, 0.4) is 0 Å². The van der Waals surface area contributed by atoms with E-state index in [1.807, 2.05) is 4.98 Å². The third-order valence-electron chi connectivity index (χ3n) is 1.60. The lowest BCUT2D eigenvalue weighted by Crippen LogP contribution is -2.21. The molecule has 0 aliphatic heterocycles. The Hall–Kier alpha value is -2.19. The summed E-state index contributed by atoms with van der Waals surface area (Å²) in [5, 5.41) is 8.66. The Morgan fingerprint density at radius 3 is 2.47 bits per heavy atom. The number of pyridine rings is 1. The second-order valence-corrected chi connectivity index (χ2v) is 2.76. The lowest BCUT2D eigenvalue weighted by Gasteiger charge is -2.13. The summed E-state index contributed by atoms with van der Waals surface area (Å²) in [5.74, 6) is -3.37. The maximum Gasteiger partial charge on any atom is 0.573 e. The molecular formula is C8H6F3NO5. The Labute approximate surface area is 91.6 Å². The molecule has 1 aromatic rings. The number of halogens is 3. The molecule has 0 aromatic carbocycles. The molecule has 17 heavy (non-hydrogen) atoms. The van der Waals surface area contributed by atoms with Crippen LogP contribution < -0.4 is 15.0 Å². The van der Waals surface area contributed by atoms with Gasteiger partial charge in [-0.25, -0.2) is 4.79 Å². The number of alkyl halides is 3. The number of aromatic carboxylic acids is 1. The number of ether oxygens (including phenoxy) is 2. The minimum absolute atomic E-state index is 0.443. The van der Waals surface area contributed by atoms with Crippen molar-refractivity contribution in [1.82, 2.24) is 4.98 Å². The highest BCUT2D eigenvalue weighted by Gasteiger charge is 2.34. The predicted molar refractivity (Wildman–Crippen MR) is 47.3 cm³/mol. The van der Waals surface area contributed by atoms with Crippen LogP contribution in [0.4, 0.5) is 13.2 Å². The van der Waals surface area contributed by atoms with E-state index in [2.05, 4.69) is 9.47 Å². The van der Waals surface area contributed by atoms with Crippen LogP contribution in [0.5, 0.6) is 11.5 Å². The van der Waals surface area contributed by atoms with Gasteiger partial charge in [-0.15, -0.1) is 13.2 Å². The van der Waals surface area contributed by atoms with Crippen LogP contribution >= 0.6 is 0 Å². The van der Waals surface area contributed by atoms with Crippen LogP contribution in [0.2, 0.25) is 0 Å². The highest BCUT2D eigenvalue weighted by molar-refractivity contribution is 5.89. The third-order valence-corrected chi connectivity index (χ3v) is 1.60. The first-order valence-electron chi connectivity index (χ1n) is 4.05. The van der Waals surface area contributed by atoms with Crippen LogP contribution in [0, 0.1) is 0 Å². The standard InChI is InChI=1S/C8H6F3NO5/c1-16-6-3(17-8(9,10)11)2-4(13)12-5(6)7(14)15/h2H,1H3,(H,12,13)(H,14,15). The van der Waals surface area contributed by atoms with Gasteiger partial charge in [0.25, 0.3) is 5.56 Å². The van der Waals surface area contributed by atoms with E-state index in [0.29, 0.717) is 6.07 Å². The maximum absolute atomic E-state index is 12.0. The van der Waals surface area contributed by atoms with Gasteiger partial charge in [-0.2, -0.15) is 0 Å². The number of H-pyrrole nitrogens is 1. The van der Waals surface area contributed by atoms with E-state index in [9.17, 15) is 22.8 Å². The number of nitrogens with one attached hydrogen (secondary N) is 1. The number of rotatable bonds is 3. The van der Waals surface area contributed by atoms with Gasteiger partial charge in [0.05, 0.1) is 7.11 Å². The van der Waals surface area contributed by atoms with Gasteiger partial charge in [0.1, 0.15) is 0 Å². The summed E-state index contributed by atoms with van der Waals surface area (Å²) in [7, 11) is 0.948. The Morgan fingerprint density at radius 2 is 2.06 bits per heavy atom. The Balaban J connectivity index is 3.38. The molecule has 0 saturated carbocycles. The van der Waals surface area contributed by atoms with Crippen LogP contribution in [0.15, 0.2) is 10.9 Å². The molecule has 0 aliphatic rings. The average molecular weight is 253 g/mol. The van der Waals surface area contributed by atoms with Crippen LogP contribution in [0.25, 0.3) is 0 Å². The van der Waals surface area contributed by atoms with Gasteiger partial charge in [-0.05, 0) is 0 Å². The van der Waals surface area contributed by atoms with Gasteiger partial charge in [0.15, 0.2) is 17.2 Å². The van der Waals surface area contributed by atoms with E-state index < -0.39 is 35.1 Å². The summed E-state index contributed by atoms with van der Waals surface area (Å²) >= 11 is 0. The van der Waals surface area contributed by atoms with Gasteiger partial charge in [0.2, 0.25) is 0 Å². The summed E-state index contributed by atoms with van der Waals surface area (Å²) < 4.78 is 43.9. The van der Waals surface area contributed by atoms with Gasteiger partial charge in [0, 0.05) is 6.07 Å². The van der Waals surface area contributed by atoms with Crippen LogP contribution in [0.1, 0.15) is 10.5 Å². The third kappa shape index (κ3) is 3.13. The minimum Gasteiger partial charge on any atom is -0.491 e. The molecule has 94 valence electrons. The van der Waals surface area contributed by atoms with Crippen molar-refractivity contribution in [2.45, 2.75) is 6.36 Å². The van der Waals surface area contributed by atoms with E-state index in [1.165, 1.54) is 0 Å². The molecular weight excluding hydrogens is 247 g/mol. The zero-order valence-corrected chi connectivity index (χ0v) is 8.29. The van der Waals surface area contributed by atoms with Crippen molar-refractivity contribution in [3.05, 3.63) is 22.1 Å². The molecule has 1 aromatic heterocycles. The molecule has 0 spiro atoms. The highest BCUT2D eigenvalue weighted by Crippen LogP contribution is 2.32. The molecule has 2 N–H and O–H groups in total. The van der Waals surface area contributed by atoms with E-state index in [1.54, 1.807) is 0 Å². The Kier molecular flexibility index (Phi) is 3.30. The summed E-state index contributed by atoms with van der Waals surface area (Å²) in [6.45, 7) is 0. The molecule has 1 heterocycles. The van der Waals surface area contributed by atoms with Crippen molar-refractivity contribution in [3.63, 3.8) is 0 Å². The second kappa shape index (κ2) is 4.36. The first kappa shape index (κ1) is 12.9. The van der Waals surface area contributed by atoms with E-state index in [0.717, 1.165) is 7.11 Å². The first-order chi connectivity index (χ1) is 7.74. The molecule has 0 amide bonds. The summed E-state index contributed by atoms with van der Waals surface area (Å²) in [4.78, 5) is 23.4. The lowest BCUT2D eigenvalue weighted by molar-refractivity contribution is -0.275. The van der Waals surface area contributed by atoms with Gasteiger partial charge >= 0.3 is 12.3 Å². The molecule has 0 unspecified atom stereocenters. The van der Waals surface area contributed by atoms with Crippen molar-refractivity contribution in [2.75, 3.05) is 7.11 Å².